The minimum Gasteiger partial charge on any atom is -0.384 e. The monoisotopic (exact) mass is 266 g/mol. The highest BCUT2D eigenvalue weighted by molar-refractivity contribution is 5.52. The second-order valence-electron chi connectivity index (χ2n) is 4.04. The number of halogens is 3. The zero-order valence-corrected chi connectivity index (χ0v) is 10.1. The summed E-state index contributed by atoms with van der Waals surface area (Å²) in [5.41, 5.74) is 0.307. The first-order valence-electron chi connectivity index (χ1n) is 5.87. The van der Waals surface area contributed by atoms with Gasteiger partial charge in [-0.05, 0) is 24.3 Å². The summed E-state index contributed by atoms with van der Waals surface area (Å²) in [7, 11) is 0. The number of benzene rings is 1. The molecule has 1 N–H and O–H groups in total. The van der Waals surface area contributed by atoms with Crippen molar-refractivity contribution in [2.45, 2.75) is 12.6 Å². The summed E-state index contributed by atoms with van der Waals surface area (Å²) in [4.78, 5) is 4.12. The van der Waals surface area contributed by atoms with Crippen LogP contribution in [0.5, 0.6) is 0 Å². The number of para-hydroxylation sites is 1. The number of nitrogens with zero attached hydrogens (tertiary/aromatic N) is 1. The first kappa shape index (κ1) is 13.4. The molecule has 0 aliphatic rings. The maximum absolute atomic E-state index is 12.7. The van der Waals surface area contributed by atoms with Gasteiger partial charge in [0.1, 0.15) is 0 Å². The Morgan fingerprint density at radius 3 is 2.42 bits per heavy atom. The van der Waals surface area contributed by atoms with Crippen LogP contribution in [0.3, 0.4) is 0 Å². The molecular formula is C14H13F3N2. The van der Waals surface area contributed by atoms with Gasteiger partial charge in [0, 0.05) is 30.5 Å². The summed E-state index contributed by atoms with van der Waals surface area (Å²) in [6.45, 7) is 0.407. The van der Waals surface area contributed by atoms with E-state index in [1.807, 2.05) is 12.1 Å². The van der Waals surface area contributed by atoms with E-state index in [1.165, 1.54) is 12.1 Å². The lowest BCUT2D eigenvalue weighted by Crippen LogP contribution is -2.12. The highest BCUT2D eigenvalue weighted by atomic mass is 19.4. The van der Waals surface area contributed by atoms with Gasteiger partial charge in [-0.3, -0.25) is 4.98 Å². The van der Waals surface area contributed by atoms with E-state index in [1.54, 1.807) is 18.3 Å². The van der Waals surface area contributed by atoms with Crippen LogP contribution in [0.25, 0.3) is 0 Å². The topological polar surface area (TPSA) is 24.9 Å². The molecule has 0 aliphatic carbocycles. The van der Waals surface area contributed by atoms with Crippen LogP contribution >= 0.6 is 0 Å². The smallest absolute Gasteiger partial charge is 0.384 e. The molecule has 0 spiro atoms. The van der Waals surface area contributed by atoms with Crippen LogP contribution < -0.4 is 5.32 Å². The Balaban J connectivity index is 2.00. The number of rotatable bonds is 4. The third-order valence-corrected chi connectivity index (χ3v) is 2.66. The Hall–Kier alpha value is -2.04. The summed E-state index contributed by atoms with van der Waals surface area (Å²) >= 11 is 0. The maximum atomic E-state index is 12.7. The number of hydrogen-bond acceptors (Lipinski definition) is 2. The second-order valence-corrected chi connectivity index (χ2v) is 4.04. The molecule has 2 rings (SSSR count). The van der Waals surface area contributed by atoms with Crippen molar-refractivity contribution in [2.24, 2.45) is 0 Å². The SMILES string of the molecule is FC(F)(F)c1ccccc1NCCc1ccccn1. The van der Waals surface area contributed by atoms with Gasteiger partial charge in [-0.25, -0.2) is 0 Å². The molecule has 19 heavy (non-hydrogen) atoms. The fraction of sp³-hybridized carbons (Fsp3) is 0.214. The van der Waals surface area contributed by atoms with Crippen LogP contribution in [0.4, 0.5) is 18.9 Å². The maximum Gasteiger partial charge on any atom is 0.418 e. The van der Waals surface area contributed by atoms with E-state index >= 15 is 0 Å². The first-order valence-corrected chi connectivity index (χ1v) is 5.87. The van der Waals surface area contributed by atoms with Crippen molar-refractivity contribution >= 4 is 5.69 Å². The zero-order valence-electron chi connectivity index (χ0n) is 10.1. The molecular weight excluding hydrogens is 253 g/mol. The molecule has 0 radical (unpaired) electrons. The lowest BCUT2D eigenvalue weighted by Gasteiger charge is -2.14. The largest absolute Gasteiger partial charge is 0.418 e. The Labute approximate surface area is 109 Å². The fourth-order valence-electron chi connectivity index (χ4n) is 1.76. The van der Waals surface area contributed by atoms with Gasteiger partial charge in [-0.2, -0.15) is 13.2 Å². The molecule has 0 aliphatic heterocycles. The number of aromatic nitrogens is 1. The average Bonchev–Trinajstić information content (AvgIpc) is 2.39. The van der Waals surface area contributed by atoms with E-state index in [0.29, 0.717) is 13.0 Å². The van der Waals surface area contributed by atoms with Gasteiger partial charge in [0.05, 0.1) is 5.56 Å². The molecule has 0 saturated carbocycles. The molecule has 0 atom stereocenters. The molecule has 0 bridgehead atoms. The van der Waals surface area contributed by atoms with Crippen LogP contribution in [0.1, 0.15) is 11.3 Å². The van der Waals surface area contributed by atoms with Crippen molar-refractivity contribution in [3.05, 3.63) is 59.9 Å². The molecule has 1 heterocycles. The van der Waals surface area contributed by atoms with Crippen molar-refractivity contribution in [2.75, 3.05) is 11.9 Å². The molecule has 2 nitrogen and oxygen atoms in total. The van der Waals surface area contributed by atoms with E-state index < -0.39 is 11.7 Å². The van der Waals surface area contributed by atoms with Crippen LogP contribution in [0.15, 0.2) is 48.7 Å². The predicted molar refractivity (Wildman–Crippen MR) is 67.9 cm³/mol. The van der Waals surface area contributed by atoms with Crippen molar-refractivity contribution in [3.63, 3.8) is 0 Å². The minimum absolute atomic E-state index is 0.103. The van der Waals surface area contributed by atoms with E-state index in [2.05, 4.69) is 10.3 Å². The Bertz CT molecular complexity index is 524. The lowest BCUT2D eigenvalue weighted by atomic mass is 10.1. The molecule has 1 aromatic carbocycles. The van der Waals surface area contributed by atoms with E-state index in [0.717, 1.165) is 11.8 Å². The summed E-state index contributed by atoms with van der Waals surface area (Å²) in [6.07, 6.45) is -2.10. The van der Waals surface area contributed by atoms with Crippen LogP contribution in [0, 0.1) is 0 Å². The van der Waals surface area contributed by atoms with Crippen molar-refractivity contribution < 1.29 is 13.2 Å². The van der Waals surface area contributed by atoms with Crippen LogP contribution in [0.2, 0.25) is 0 Å². The van der Waals surface area contributed by atoms with Gasteiger partial charge < -0.3 is 5.32 Å². The van der Waals surface area contributed by atoms with Gasteiger partial charge in [0.15, 0.2) is 0 Å². The first-order chi connectivity index (χ1) is 9.07. The normalized spacial score (nSPS) is 11.3. The van der Waals surface area contributed by atoms with Crippen molar-refractivity contribution in [1.29, 1.82) is 0 Å². The number of hydrogen-bond donors (Lipinski definition) is 1. The fourth-order valence-corrected chi connectivity index (χ4v) is 1.76. The number of pyridine rings is 1. The summed E-state index contributed by atoms with van der Waals surface area (Å²) in [5, 5.41) is 2.81. The summed E-state index contributed by atoms with van der Waals surface area (Å²) < 4.78 is 38.2. The molecule has 0 amide bonds. The lowest BCUT2D eigenvalue weighted by molar-refractivity contribution is -0.136. The van der Waals surface area contributed by atoms with E-state index in [-0.39, 0.29) is 5.69 Å². The predicted octanol–water partition coefficient (Wildman–Crippen LogP) is 3.76. The number of nitrogens with one attached hydrogen (secondary N) is 1. The van der Waals surface area contributed by atoms with Gasteiger partial charge in [0.25, 0.3) is 0 Å². The minimum atomic E-state index is -4.34. The molecule has 100 valence electrons. The molecule has 2 aromatic rings. The third kappa shape index (κ3) is 3.71. The average molecular weight is 266 g/mol. The highest BCUT2D eigenvalue weighted by Crippen LogP contribution is 2.34. The van der Waals surface area contributed by atoms with Gasteiger partial charge in [-0.1, -0.05) is 18.2 Å². The standard InChI is InChI=1S/C14H13F3N2/c15-14(16,17)12-6-1-2-7-13(12)19-10-8-11-5-3-4-9-18-11/h1-7,9,19H,8,10H2. The summed E-state index contributed by atoms with van der Waals surface area (Å²) in [5.74, 6) is 0. The number of alkyl halides is 3. The van der Waals surface area contributed by atoms with Crippen LogP contribution in [-0.2, 0) is 12.6 Å². The molecule has 0 saturated heterocycles. The quantitative estimate of drug-likeness (QED) is 0.911. The number of anilines is 1. The zero-order chi connectivity index (χ0) is 13.7. The molecule has 5 heteroatoms. The van der Waals surface area contributed by atoms with Crippen LogP contribution in [-0.4, -0.2) is 11.5 Å². The third-order valence-electron chi connectivity index (χ3n) is 2.66. The van der Waals surface area contributed by atoms with E-state index in [4.69, 9.17) is 0 Å². The van der Waals surface area contributed by atoms with Gasteiger partial charge in [-0.15, -0.1) is 0 Å². The van der Waals surface area contributed by atoms with Gasteiger partial charge >= 0.3 is 6.18 Å². The van der Waals surface area contributed by atoms with E-state index in [9.17, 15) is 13.2 Å². The Morgan fingerprint density at radius 2 is 1.74 bits per heavy atom. The Morgan fingerprint density at radius 1 is 1.00 bits per heavy atom. The summed E-state index contributed by atoms with van der Waals surface area (Å²) in [6, 6.07) is 11.0. The van der Waals surface area contributed by atoms with Crippen molar-refractivity contribution in [3.8, 4) is 0 Å². The highest BCUT2D eigenvalue weighted by Gasteiger charge is 2.32. The second kappa shape index (κ2) is 5.73. The molecule has 0 unspecified atom stereocenters. The van der Waals surface area contributed by atoms with Crippen molar-refractivity contribution in [1.82, 2.24) is 4.98 Å². The molecule has 1 aromatic heterocycles. The molecule has 0 fully saturated rings. The van der Waals surface area contributed by atoms with Gasteiger partial charge in [0.2, 0.25) is 0 Å². The Kier molecular flexibility index (Phi) is 4.04.